The second-order valence-electron chi connectivity index (χ2n) is 5.71. The van der Waals surface area contributed by atoms with Gasteiger partial charge in [-0.15, -0.1) is 0 Å². The van der Waals surface area contributed by atoms with Gasteiger partial charge in [-0.05, 0) is 42.1 Å². The van der Waals surface area contributed by atoms with Gasteiger partial charge < -0.3 is 9.47 Å². The van der Waals surface area contributed by atoms with Gasteiger partial charge in [-0.1, -0.05) is 41.4 Å². The Morgan fingerprint density at radius 2 is 1.79 bits per heavy atom. The molecule has 1 aliphatic heterocycles. The van der Waals surface area contributed by atoms with Crippen molar-refractivity contribution in [3.63, 3.8) is 0 Å². The van der Waals surface area contributed by atoms with Crippen LogP contribution in [-0.2, 0) is 16.2 Å². The molecule has 2 aromatic carbocycles. The van der Waals surface area contributed by atoms with Gasteiger partial charge in [-0.25, -0.2) is 0 Å². The van der Waals surface area contributed by atoms with Crippen molar-refractivity contribution < 1.29 is 19.1 Å². The average molecular weight is 437 g/mol. The second-order valence-corrected chi connectivity index (χ2v) is 6.93. The van der Waals surface area contributed by atoms with Crippen LogP contribution < -0.4 is 20.1 Å². The highest BCUT2D eigenvalue weighted by Crippen LogP contribution is 2.34. The Balaban J connectivity index is 1.93. The number of para-hydroxylation sites is 1. The van der Waals surface area contributed by atoms with E-state index in [1.165, 1.54) is 13.2 Å². The van der Waals surface area contributed by atoms with Gasteiger partial charge >= 0.3 is 0 Å². The van der Waals surface area contributed by atoms with Gasteiger partial charge in [0.25, 0.3) is 11.8 Å². The molecule has 6 nitrogen and oxygen atoms in total. The molecule has 2 aromatic rings. The summed E-state index contributed by atoms with van der Waals surface area (Å²) in [7, 11) is 1.50. The molecule has 1 heterocycles. The quantitative estimate of drug-likeness (QED) is 0.426. The first-order valence-corrected chi connectivity index (χ1v) is 9.17. The summed E-state index contributed by atoms with van der Waals surface area (Å²) in [6, 6.07) is 10.3. The van der Waals surface area contributed by atoms with E-state index < -0.39 is 11.8 Å². The van der Waals surface area contributed by atoms with Crippen LogP contribution in [0.4, 0.5) is 0 Å². The van der Waals surface area contributed by atoms with E-state index in [1.807, 2.05) is 0 Å². The zero-order chi connectivity index (χ0) is 20.3. The van der Waals surface area contributed by atoms with Crippen LogP contribution in [0.3, 0.4) is 0 Å². The Labute approximate surface area is 176 Å². The number of hydrogen-bond donors (Lipinski definition) is 2. The van der Waals surface area contributed by atoms with Gasteiger partial charge in [0.1, 0.15) is 12.2 Å². The van der Waals surface area contributed by atoms with Crippen molar-refractivity contribution in [2.45, 2.75) is 6.61 Å². The number of rotatable bonds is 5. The minimum Gasteiger partial charge on any atom is -0.493 e. The number of nitrogens with one attached hydrogen (secondary N) is 2. The lowest BCUT2D eigenvalue weighted by Crippen LogP contribution is -2.51. The third-order valence-corrected chi connectivity index (χ3v) is 4.78. The van der Waals surface area contributed by atoms with E-state index in [9.17, 15) is 9.59 Å². The van der Waals surface area contributed by atoms with Crippen molar-refractivity contribution in [2.24, 2.45) is 0 Å². The van der Waals surface area contributed by atoms with E-state index >= 15 is 0 Å². The number of carbonyl (C=O) groups is 2. The molecule has 144 valence electrons. The first-order valence-electron chi connectivity index (χ1n) is 8.01. The van der Waals surface area contributed by atoms with Gasteiger partial charge in [0.15, 0.2) is 16.6 Å². The van der Waals surface area contributed by atoms with Crippen LogP contribution in [0.25, 0.3) is 6.08 Å². The maximum Gasteiger partial charge on any atom is 0.263 e. The number of methoxy groups -OCH3 is 1. The number of carbonyl (C=O) groups excluding carboxylic acids is 2. The number of thiocarbonyl (C=S) groups is 1. The number of halogens is 2. The molecule has 0 saturated carbocycles. The monoisotopic (exact) mass is 436 g/mol. The standard InChI is InChI=1S/C19H14Cl2N2O4S/c1-26-15-4-2-3-11(8-12-17(24)22-19(28)23-18(12)25)16(15)27-9-10-5-6-13(20)14(21)7-10/h2-8H,9H2,1H3,(H2,22,23,24,25,28). The molecule has 1 aliphatic rings. The molecule has 1 saturated heterocycles. The summed E-state index contributed by atoms with van der Waals surface area (Å²) in [4.78, 5) is 24.2. The summed E-state index contributed by atoms with van der Waals surface area (Å²) in [5, 5.41) is 5.61. The van der Waals surface area contributed by atoms with Crippen molar-refractivity contribution >= 4 is 58.4 Å². The first-order chi connectivity index (χ1) is 13.4. The molecule has 28 heavy (non-hydrogen) atoms. The minimum absolute atomic E-state index is 0.0334. The highest BCUT2D eigenvalue weighted by atomic mass is 35.5. The van der Waals surface area contributed by atoms with Crippen molar-refractivity contribution in [3.8, 4) is 11.5 Å². The molecule has 0 spiro atoms. The van der Waals surface area contributed by atoms with Crippen molar-refractivity contribution in [2.75, 3.05) is 7.11 Å². The molecule has 0 unspecified atom stereocenters. The van der Waals surface area contributed by atoms with E-state index in [2.05, 4.69) is 10.6 Å². The third-order valence-electron chi connectivity index (χ3n) is 3.84. The number of benzene rings is 2. The predicted octanol–water partition coefficient (Wildman–Crippen LogP) is 3.50. The summed E-state index contributed by atoms with van der Waals surface area (Å²) in [5.41, 5.74) is 1.19. The van der Waals surface area contributed by atoms with Crippen LogP contribution in [0.1, 0.15) is 11.1 Å². The maximum atomic E-state index is 12.1. The molecule has 0 bridgehead atoms. The summed E-state index contributed by atoms with van der Waals surface area (Å²) in [6.07, 6.45) is 1.42. The fraction of sp³-hybridized carbons (Fsp3) is 0.105. The molecule has 3 rings (SSSR count). The number of amides is 2. The molecule has 1 fully saturated rings. The van der Waals surface area contributed by atoms with E-state index in [1.54, 1.807) is 36.4 Å². The Morgan fingerprint density at radius 1 is 1.07 bits per heavy atom. The maximum absolute atomic E-state index is 12.1. The molecular weight excluding hydrogens is 423 g/mol. The lowest BCUT2D eigenvalue weighted by Gasteiger charge is -2.18. The van der Waals surface area contributed by atoms with Crippen LogP contribution in [0.2, 0.25) is 10.0 Å². The van der Waals surface area contributed by atoms with Gasteiger partial charge in [0.2, 0.25) is 0 Å². The van der Waals surface area contributed by atoms with Crippen molar-refractivity contribution in [3.05, 3.63) is 63.1 Å². The van der Waals surface area contributed by atoms with Crippen molar-refractivity contribution in [1.29, 1.82) is 0 Å². The van der Waals surface area contributed by atoms with Crippen LogP contribution >= 0.6 is 35.4 Å². The van der Waals surface area contributed by atoms with Crippen LogP contribution in [0, 0.1) is 0 Å². The van der Waals surface area contributed by atoms with Crippen molar-refractivity contribution in [1.82, 2.24) is 10.6 Å². The smallest absolute Gasteiger partial charge is 0.263 e. The lowest BCUT2D eigenvalue weighted by molar-refractivity contribution is -0.123. The molecule has 0 atom stereocenters. The lowest BCUT2D eigenvalue weighted by atomic mass is 10.1. The highest BCUT2D eigenvalue weighted by Gasteiger charge is 2.26. The normalized spacial score (nSPS) is 13.7. The van der Waals surface area contributed by atoms with Gasteiger partial charge in [0.05, 0.1) is 17.2 Å². The van der Waals surface area contributed by atoms with E-state index in [0.29, 0.717) is 27.1 Å². The van der Waals surface area contributed by atoms with Crippen LogP contribution in [0.5, 0.6) is 11.5 Å². The minimum atomic E-state index is -0.591. The summed E-state index contributed by atoms with van der Waals surface area (Å²) >= 11 is 16.8. The third kappa shape index (κ3) is 4.44. The topological polar surface area (TPSA) is 76.7 Å². The fourth-order valence-electron chi connectivity index (χ4n) is 2.51. The fourth-order valence-corrected chi connectivity index (χ4v) is 3.01. The molecular formula is C19H14Cl2N2O4S. The van der Waals surface area contributed by atoms with E-state index in [4.69, 9.17) is 44.9 Å². The van der Waals surface area contributed by atoms with Gasteiger partial charge in [-0.3, -0.25) is 20.2 Å². The average Bonchev–Trinajstić information content (AvgIpc) is 2.65. The number of hydrogen-bond acceptors (Lipinski definition) is 5. The zero-order valence-corrected chi connectivity index (χ0v) is 16.9. The Kier molecular flexibility index (Phi) is 6.18. The summed E-state index contributed by atoms with van der Waals surface area (Å²) in [5.74, 6) is -0.363. The molecule has 0 aromatic heterocycles. The first kappa shape index (κ1) is 20.1. The Hall–Kier alpha value is -2.61. The Morgan fingerprint density at radius 3 is 2.43 bits per heavy atom. The summed E-state index contributed by atoms with van der Waals surface area (Å²) in [6.45, 7) is 0.177. The number of ether oxygens (including phenoxy) is 2. The molecule has 2 N–H and O–H groups in total. The molecule has 9 heteroatoms. The highest BCUT2D eigenvalue weighted by molar-refractivity contribution is 7.80. The van der Waals surface area contributed by atoms with Crippen LogP contribution in [0.15, 0.2) is 42.0 Å². The van der Waals surface area contributed by atoms with Crippen LogP contribution in [-0.4, -0.2) is 24.0 Å². The van der Waals surface area contributed by atoms with Gasteiger partial charge in [0, 0.05) is 5.56 Å². The molecule has 2 amide bonds. The molecule has 0 aliphatic carbocycles. The summed E-state index contributed by atoms with van der Waals surface area (Å²) < 4.78 is 11.3. The Bertz CT molecular complexity index is 985. The predicted molar refractivity (Wildman–Crippen MR) is 111 cm³/mol. The van der Waals surface area contributed by atoms with E-state index in [-0.39, 0.29) is 17.3 Å². The molecule has 0 radical (unpaired) electrons. The van der Waals surface area contributed by atoms with E-state index in [0.717, 1.165) is 5.56 Å². The zero-order valence-electron chi connectivity index (χ0n) is 14.5. The van der Waals surface area contributed by atoms with Gasteiger partial charge in [-0.2, -0.15) is 0 Å². The second kappa shape index (κ2) is 8.60. The largest absolute Gasteiger partial charge is 0.493 e. The SMILES string of the molecule is COc1cccc(C=C2C(=O)NC(=S)NC2=O)c1OCc1ccc(Cl)c(Cl)c1.